The van der Waals surface area contributed by atoms with Gasteiger partial charge in [0.25, 0.3) is 11.8 Å². The van der Waals surface area contributed by atoms with Crippen LogP contribution in [0, 0.1) is 0 Å². The van der Waals surface area contributed by atoms with Crippen LogP contribution in [0.5, 0.6) is 11.5 Å². The van der Waals surface area contributed by atoms with Gasteiger partial charge in [0.2, 0.25) is 0 Å². The summed E-state index contributed by atoms with van der Waals surface area (Å²) in [6.45, 7) is 2.28. The van der Waals surface area contributed by atoms with Crippen LogP contribution in [0.25, 0.3) is 6.08 Å². The molecule has 0 atom stereocenters. The fraction of sp³-hybridized carbons (Fsp3) is 0.150. The molecule has 0 spiro atoms. The molecular formula is C20H16BrClN2O4S. The van der Waals surface area contributed by atoms with Crippen molar-refractivity contribution in [3.05, 3.63) is 57.0 Å². The monoisotopic (exact) mass is 494 g/mol. The number of rotatable bonds is 5. The quantitative estimate of drug-likeness (QED) is 0.380. The molecule has 150 valence electrons. The van der Waals surface area contributed by atoms with E-state index in [1.54, 1.807) is 36.4 Å². The highest BCUT2D eigenvalue weighted by atomic mass is 79.9. The van der Waals surface area contributed by atoms with Crippen molar-refractivity contribution in [2.45, 2.75) is 6.92 Å². The van der Waals surface area contributed by atoms with Crippen LogP contribution in [0.15, 0.2) is 46.4 Å². The number of thiocarbonyl (C=S) groups is 1. The molecule has 1 heterocycles. The average molecular weight is 496 g/mol. The van der Waals surface area contributed by atoms with Gasteiger partial charge in [0.05, 0.1) is 23.9 Å². The number of hydrogen-bond acceptors (Lipinski definition) is 5. The number of methoxy groups -OCH3 is 1. The molecule has 1 saturated heterocycles. The van der Waals surface area contributed by atoms with E-state index in [1.807, 2.05) is 6.92 Å². The maximum Gasteiger partial charge on any atom is 0.270 e. The molecule has 0 aliphatic carbocycles. The normalized spacial score (nSPS) is 15.5. The third-order valence-electron chi connectivity index (χ3n) is 4.03. The maximum atomic E-state index is 13.1. The lowest BCUT2D eigenvalue weighted by atomic mass is 10.1. The van der Waals surface area contributed by atoms with Gasteiger partial charge in [-0.1, -0.05) is 11.6 Å². The third kappa shape index (κ3) is 4.44. The van der Waals surface area contributed by atoms with E-state index in [1.165, 1.54) is 18.1 Å². The van der Waals surface area contributed by atoms with Gasteiger partial charge < -0.3 is 9.47 Å². The summed E-state index contributed by atoms with van der Waals surface area (Å²) in [6.07, 6.45) is 1.48. The number of ether oxygens (including phenoxy) is 2. The van der Waals surface area contributed by atoms with Gasteiger partial charge in [0.15, 0.2) is 16.6 Å². The number of nitrogens with one attached hydrogen (secondary N) is 1. The molecule has 1 N–H and O–H groups in total. The number of nitrogens with zero attached hydrogens (tertiary/aromatic N) is 1. The van der Waals surface area contributed by atoms with E-state index in [4.69, 9.17) is 33.3 Å². The minimum atomic E-state index is -0.574. The van der Waals surface area contributed by atoms with Crippen LogP contribution in [0.1, 0.15) is 12.5 Å². The molecule has 0 aromatic heterocycles. The Morgan fingerprint density at radius 1 is 1.24 bits per heavy atom. The second-order valence-electron chi connectivity index (χ2n) is 5.90. The first kappa shape index (κ1) is 21.3. The van der Waals surface area contributed by atoms with Crippen LogP contribution in [0.3, 0.4) is 0 Å². The van der Waals surface area contributed by atoms with Crippen molar-refractivity contribution >= 4 is 68.4 Å². The highest BCUT2D eigenvalue weighted by Gasteiger charge is 2.34. The van der Waals surface area contributed by atoms with Crippen molar-refractivity contribution < 1.29 is 19.1 Å². The third-order valence-corrected chi connectivity index (χ3v) is 5.16. The number of anilines is 1. The van der Waals surface area contributed by atoms with Gasteiger partial charge in [-0.3, -0.25) is 19.8 Å². The van der Waals surface area contributed by atoms with Crippen LogP contribution in [-0.4, -0.2) is 30.6 Å². The Kier molecular flexibility index (Phi) is 6.56. The van der Waals surface area contributed by atoms with Crippen LogP contribution in [0.4, 0.5) is 5.69 Å². The lowest BCUT2D eigenvalue weighted by molar-refractivity contribution is -0.122. The van der Waals surface area contributed by atoms with E-state index in [9.17, 15) is 9.59 Å². The molecule has 2 aromatic carbocycles. The highest BCUT2D eigenvalue weighted by molar-refractivity contribution is 9.10. The summed E-state index contributed by atoms with van der Waals surface area (Å²) < 4.78 is 11.6. The zero-order valence-electron chi connectivity index (χ0n) is 15.5. The van der Waals surface area contributed by atoms with Gasteiger partial charge in [-0.15, -0.1) is 0 Å². The van der Waals surface area contributed by atoms with E-state index in [2.05, 4.69) is 21.2 Å². The van der Waals surface area contributed by atoms with Gasteiger partial charge in [-0.05, 0) is 83.1 Å². The van der Waals surface area contributed by atoms with Crippen LogP contribution in [0.2, 0.25) is 5.02 Å². The Balaban J connectivity index is 2.03. The summed E-state index contributed by atoms with van der Waals surface area (Å²) in [5.74, 6) is -0.0940. The summed E-state index contributed by atoms with van der Waals surface area (Å²) in [5.41, 5.74) is 1.03. The van der Waals surface area contributed by atoms with Crippen LogP contribution in [-0.2, 0) is 9.59 Å². The van der Waals surface area contributed by atoms with Crippen molar-refractivity contribution in [1.82, 2.24) is 5.32 Å². The number of halogens is 2. The van der Waals surface area contributed by atoms with Crippen LogP contribution < -0.4 is 19.7 Å². The first-order valence-electron chi connectivity index (χ1n) is 8.53. The van der Waals surface area contributed by atoms with Gasteiger partial charge in [-0.2, -0.15) is 0 Å². The Bertz CT molecular complexity index is 1020. The molecule has 0 bridgehead atoms. The standard InChI is InChI=1S/C20H16BrClN2O4S/c1-3-28-16-10-11(9-15(21)17(16)27-2)8-14-18(25)23-20(29)24(19(14)26)13-6-4-12(22)5-7-13/h4-10H,3H2,1-2H3,(H,23,25,29). The minimum Gasteiger partial charge on any atom is -0.492 e. The molecule has 1 aliphatic heterocycles. The van der Waals surface area contributed by atoms with Gasteiger partial charge in [-0.25, -0.2) is 0 Å². The fourth-order valence-corrected chi connectivity index (χ4v) is 3.81. The molecule has 2 aromatic rings. The molecule has 0 radical (unpaired) electrons. The Labute approximate surface area is 186 Å². The van der Waals surface area contributed by atoms with Crippen molar-refractivity contribution in [3.63, 3.8) is 0 Å². The molecule has 9 heteroatoms. The lowest BCUT2D eigenvalue weighted by Gasteiger charge is -2.29. The first-order valence-corrected chi connectivity index (χ1v) is 10.1. The summed E-state index contributed by atoms with van der Waals surface area (Å²) >= 11 is 14.5. The lowest BCUT2D eigenvalue weighted by Crippen LogP contribution is -2.54. The van der Waals surface area contributed by atoms with Crippen molar-refractivity contribution in [1.29, 1.82) is 0 Å². The van der Waals surface area contributed by atoms with Crippen molar-refractivity contribution in [2.24, 2.45) is 0 Å². The fourth-order valence-electron chi connectivity index (χ4n) is 2.78. The van der Waals surface area contributed by atoms with Crippen molar-refractivity contribution in [3.8, 4) is 11.5 Å². The average Bonchev–Trinajstić information content (AvgIpc) is 2.67. The van der Waals surface area contributed by atoms with Gasteiger partial charge in [0.1, 0.15) is 5.57 Å². The van der Waals surface area contributed by atoms with E-state index >= 15 is 0 Å². The SMILES string of the molecule is CCOc1cc(C=C2C(=O)NC(=S)N(c3ccc(Cl)cc3)C2=O)cc(Br)c1OC. The largest absolute Gasteiger partial charge is 0.492 e. The van der Waals surface area contributed by atoms with E-state index in [0.717, 1.165) is 0 Å². The molecule has 29 heavy (non-hydrogen) atoms. The number of hydrogen-bond donors (Lipinski definition) is 1. The Morgan fingerprint density at radius 2 is 1.93 bits per heavy atom. The summed E-state index contributed by atoms with van der Waals surface area (Å²) in [4.78, 5) is 26.8. The first-order chi connectivity index (χ1) is 13.8. The topological polar surface area (TPSA) is 67.9 Å². The van der Waals surface area contributed by atoms with E-state index in [0.29, 0.717) is 38.9 Å². The van der Waals surface area contributed by atoms with Gasteiger partial charge in [0, 0.05) is 5.02 Å². The molecule has 0 unspecified atom stereocenters. The molecule has 6 nitrogen and oxygen atoms in total. The zero-order chi connectivity index (χ0) is 21.1. The highest BCUT2D eigenvalue weighted by Crippen LogP contribution is 2.37. The second-order valence-corrected chi connectivity index (χ2v) is 7.58. The van der Waals surface area contributed by atoms with Gasteiger partial charge >= 0.3 is 0 Å². The Hall–Kier alpha value is -2.42. The predicted octanol–water partition coefficient (Wildman–Crippen LogP) is 4.34. The van der Waals surface area contributed by atoms with Crippen molar-refractivity contribution in [2.75, 3.05) is 18.6 Å². The molecular weight excluding hydrogens is 480 g/mol. The summed E-state index contributed by atoms with van der Waals surface area (Å²) in [6, 6.07) is 10.0. The second kappa shape index (κ2) is 8.94. The maximum absolute atomic E-state index is 13.1. The molecule has 0 saturated carbocycles. The number of carbonyl (C=O) groups is 2. The van der Waals surface area contributed by atoms with E-state index in [-0.39, 0.29) is 10.7 Å². The molecule has 1 fully saturated rings. The number of benzene rings is 2. The number of carbonyl (C=O) groups excluding carboxylic acids is 2. The summed E-state index contributed by atoms with van der Waals surface area (Å²) in [5, 5.41) is 3.08. The molecule has 1 aliphatic rings. The number of amides is 2. The molecule has 2 amide bonds. The van der Waals surface area contributed by atoms with Crippen LogP contribution >= 0.6 is 39.7 Å². The van der Waals surface area contributed by atoms with E-state index < -0.39 is 11.8 Å². The Morgan fingerprint density at radius 3 is 2.55 bits per heavy atom. The summed E-state index contributed by atoms with van der Waals surface area (Å²) in [7, 11) is 1.53. The predicted molar refractivity (Wildman–Crippen MR) is 120 cm³/mol. The minimum absolute atomic E-state index is 0.00499. The molecule has 3 rings (SSSR count). The smallest absolute Gasteiger partial charge is 0.270 e. The zero-order valence-corrected chi connectivity index (χ0v) is 18.7.